The zero-order chi connectivity index (χ0) is 37.9. The van der Waals surface area contributed by atoms with Gasteiger partial charge in [-0.3, -0.25) is 0 Å². The van der Waals surface area contributed by atoms with Gasteiger partial charge in [0.15, 0.2) is 0 Å². The van der Waals surface area contributed by atoms with Crippen molar-refractivity contribution in [1.82, 2.24) is 0 Å². The fraction of sp³-hybridized carbons (Fsp3) is 0.900. The lowest BCUT2D eigenvalue weighted by Crippen LogP contribution is -2.51. The van der Waals surface area contributed by atoms with Gasteiger partial charge in [-0.15, -0.1) is 0 Å². The summed E-state index contributed by atoms with van der Waals surface area (Å²) in [7, 11) is 0. The predicted octanol–water partition coefficient (Wildman–Crippen LogP) is 16.1. The first-order chi connectivity index (χ1) is 25.7. The van der Waals surface area contributed by atoms with Gasteiger partial charge in [-0.05, 0) is 123 Å². The van der Waals surface area contributed by atoms with Crippen LogP contribution in [0.5, 0.6) is 0 Å². The molecule has 0 spiro atoms. The molecule has 3 fully saturated rings. The molecule has 3 nitrogen and oxygen atoms in total. The second-order valence-electron chi connectivity index (χ2n) is 19.7. The van der Waals surface area contributed by atoms with Crippen molar-refractivity contribution in [3.8, 4) is 0 Å². The molecule has 3 heteroatoms. The summed E-state index contributed by atoms with van der Waals surface area (Å²) in [5.74, 6) is 5.15. The summed E-state index contributed by atoms with van der Waals surface area (Å²) in [5, 5.41) is 0. The number of unbranched alkanes of at least 4 members (excludes halogenated alkanes) is 16. The molecule has 53 heavy (non-hydrogen) atoms. The van der Waals surface area contributed by atoms with Gasteiger partial charge in [0, 0.05) is 6.42 Å². The molecule has 3 saturated carbocycles. The molecule has 0 unspecified atom stereocenters. The van der Waals surface area contributed by atoms with Crippen LogP contribution in [-0.4, -0.2) is 18.9 Å². The van der Waals surface area contributed by atoms with Crippen LogP contribution in [0.25, 0.3) is 0 Å². The molecule has 0 aromatic carbocycles. The van der Waals surface area contributed by atoms with E-state index in [1.165, 1.54) is 154 Å². The molecule has 0 radical (unpaired) electrons. The van der Waals surface area contributed by atoms with E-state index in [1.54, 1.807) is 5.57 Å². The van der Waals surface area contributed by atoms with Gasteiger partial charge in [0.05, 0.1) is 6.61 Å². The quantitative estimate of drug-likeness (QED) is 0.0504. The average Bonchev–Trinajstić information content (AvgIpc) is 3.49. The topological polar surface area (TPSA) is 35.5 Å². The second-order valence-corrected chi connectivity index (χ2v) is 19.7. The fourth-order valence-electron chi connectivity index (χ4n) is 12.1. The average molecular weight is 737 g/mol. The third-order valence-electron chi connectivity index (χ3n) is 15.4. The maximum atomic E-state index is 12.7. The Kier molecular flexibility index (Phi) is 19.9. The summed E-state index contributed by atoms with van der Waals surface area (Å²) in [6, 6.07) is 0. The Balaban J connectivity index is 1.01. The molecule has 0 heterocycles. The molecule has 8 atom stereocenters. The van der Waals surface area contributed by atoms with Crippen molar-refractivity contribution in [2.75, 3.05) is 6.61 Å². The van der Waals surface area contributed by atoms with Gasteiger partial charge in [-0.1, -0.05) is 168 Å². The van der Waals surface area contributed by atoms with E-state index in [-0.39, 0.29) is 6.10 Å². The molecule has 0 aromatic rings. The first-order valence-corrected chi connectivity index (χ1v) is 23.9. The summed E-state index contributed by atoms with van der Waals surface area (Å²) in [6.45, 7) is 15.4. The summed E-state index contributed by atoms with van der Waals surface area (Å²) in [4.78, 5) is 12.7. The van der Waals surface area contributed by atoms with Crippen LogP contribution in [0.15, 0.2) is 23.8 Å². The van der Waals surface area contributed by atoms with E-state index in [2.05, 4.69) is 59.8 Å². The van der Waals surface area contributed by atoms with Crippen molar-refractivity contribution in [1.29, 1.82) is 0 Å². The molecule has 0 N–H and O–H groups in total. The van der Waals surface area contributed by atoms with Gasteiger partial charge in [-0.2, -0.15) is 0 Å². The van der Waals surface area contributed by atoms with Gasteiger partial charge >= 0.3 is 6.16 Å². The molecule has 4 aliphatic carbocycles. The Bertz CT molecular complexity index is 1070. The lowest BCUT2D eigenvalue weighted by atomic mass is 9.47. The highest BCUT2D eigenvalue weighted by molar-refractivity contribution is 5.60. The van der Waals surface area contributed by atoms with Crippen molar-refractivity contribution in [2.24, 2.45) is 46.3 Å². The summed E-state index contributed by atoms with van der Waals surface area (Å²) in [6.07, 6.45) is 45.0. The number of allylic oxidation sites excluding steroid dienone is 3. The van der Waals surface area contributed by atoms with Crippen molar-refractivity contribution < 1.29 is 14.3 Å². The minimum Gasteiger partial charge on any atom is -0.434 e. The summed E-state index contributed by atoms with van der Waals surface area (Å²) < 4.78 is 11.5. The number of hydrogen-bond donors (Lipinski definition) is 0. The first kappa shape index (κ1) is 44.5. The first-order valence-electron chi connectivity index (χ1n) is 23.9. The number of rotatable bonds is 26. The number of fused-ring (bicyclic) bond motifs is 5. The Morgan fingerprint density at radius 2 is 1.36 bits per heavy atom. The monoisotopic (exact) mass is 737 g/mol. The van der Waals surface area contributed by atoms with Crippen LogP contribution in [0.3, 0.4) is 0 Å². The standard InChI is InChI=1S/C50H88O3/c1-7-8-9-10-11-12-13-14-15-16-17-18-19-20-21-22-23-24-25-26-38-52-48(51)53-43-34-36-49(5)42(39-43)30-31-44-46-33-32-45(41(4)29-27-28-40(2)3)50(46,6)37-35-47(44)49/h14-15,30,40-41,43-47H,7-13,16-29,31-39H2,1-6H3/b15-14-/t41-,43+,44+,45-,46+,47+,49+,50-/m1/s1. The van der Waals surface area contributed by atoms with Crippen LogP contribution < -0.4 is 0 Å². The summed E-state index contributed by atoms with van der Waals surface area (Å²) in [5.41, 5.74) is 2.42. The molecule has 0 saturated heterocycles. The van der Waals surface area contributed by atoms with Crippen molar-refractivity contribution in [3.63, 3.8) is 0 Å². The minimum atomic E-state index is -0.436. The Labute approximate surface area is 330 Å². The Hall–Kier alpha value is -1.25. The van der Waals surface area contributed by atoms with Crippen LogP contribution in [0.2, 0.25) is 0 Å². The number of carbonyl (C=O) groups excluding carboxylic acids is 1. The lowest BCUT2D eigenvalue weighted by molar-refractivity contribution is -0.0617. The van der Waals surface area contributed by atoms with E-state index in [4.69, 9.17) is 9.47 Å². The molecule has 0 bridgehead atoms. The maximum Gasteiger partial charge on any atom is 0.508 e. The van der Waals surface area contributed by atoms with Crippen LogP contribution in [0.1, 0.15) is 228 Å². The van der Waals surface area contributed by atoms with Gasteiger partial charge in [0.25, 0.3) is 0 Å². The van der Waals surface area contributed by atoms with Gasteiger partial charge < -0.3 is 9.47 Å². The molecule has 0 aromatic heterocycles. The molecule has 4 aliphatic rings. The third kappa shape index (κ3) is 13.7. The fourth-order valence-corrected chi connectivity index (χ4v) is 12.1. The number of hydrogen-bond acceptors (Lipinski definition) is 3. The highest BCUT2D eigenvalue weighted by Gasteiger charge is 2.59. The zero-order valence-corrected chi connectivity index (χ0v) is 36.2. The third-order valence-corrected chi connectivity index (χ3v) is 15.4. The van der Waals surface area contributed by atoms with E-state index >= 15 is 0 Å². The smallest absolute Gasteiger partial charge is 0.434 e. The largest absolute Gasteiger partial charge is 0.508 e. The van der Waals surface area contributed by atoms with Crippen LogP contribution in [-0.2, 0) is 9.47 Å². The van der Waals surface area contributed by atoms with Crippen molar-refractivity contribution >= 4 is 6.16 Å². The maximum absolute atomic E-state index is 12.7. The van der Waals surface area contributed by atoms with Gasteiger partial charge in [0.2, 0.25) is 0 Å². The Morgan fingerprint density at radius 1 is 0.736 bits per heavy atom. The lowest BCUT2D eigenvalue weighted by Gasteiger charge is -2.58. The molecule has 306 valence electrons. The van der Waals surface area contributed by atoms with Crippen LogP contribution in [0, 0.1) is 46.3 Å². The number of carbonyl (C=O) groups is 1. The SMILES string of the molecule is CCCCCCCC/C=C\CCCCCCCCCCCCOC(=O)O[C@H]1CC[C@@]2(C)C(=CC[C@H]3[C@@H]4CC[C@H]([C@H](C)CCCC(C)C)[C@@]4(C)CC[C@@H]32)C1. The molecule has 0 amide bonds. The van der Waals surface area contributed by atoms with Crippen molar-refractivity contribution in [3.05, 3.63) is 23.8 Å². The van der Waals surface area contributed by atoms with Crippen LogP contribution >= 0.6 is 0 Å². The van der Waals surface area contributed by atoms with Crippen molar-refractivity contribution in [2.45, 2.75) is 234 Å². The molecular formula is C50H88O3. The Morgan fingerprint density at radius 3 is 2.00 bits per heavy atom. The minimum absolute atomic E-state index is 0.0128. The zero-order valence-electron chi connectivity index (χ0n) is 36.2. The molecular weight excluding hydrogens is 649 g/mol. The van der Waals surface area contributed by atoms with E-state index in [0.29, 0.717) is 17.4 Å². The van der Waals surface area contributed by atoms with E-state index in [1.807, 2.05) is 0 Å². The van der Waals surface area contributed by atoms with E-state index in [0.717, 1.165) is 67.6 Å². The molecule has 4 rings (SSSR count). The van der Waals surface area contributed by atoms with Gasteiger partial charge in [0.1, 0.15) is 6.10 Å². The predicted molar refractivity (Wildman–Crippen MR) is 227 cm³/mol. The highest BCUT2D eigenvalue weighted by atomic mass is 16.7. The normalized spacial score (nSPS) is 30.2. The van der Waals surface area contributed by atoms with E-state index in [9.17, 15) is 4.79 Å². The summed E-state index contributed by atoms with van der Waals surface area (Å²) >= 11 is 0. The van der Waals surface area contributed by atoms with Crippen LogP contribution in [0.4, 0.5) is 4.79 Å². The second kappa shape index (κ2) is 23.7. The van der Waals surface area contributed by atoms with Gasteiger partial charge in [-0.25, -0.2) is 4.79 Å². The molecule has 0 aliphatic heterocycles. The highest BCUT2D eigenvalue weighted by Crippen LogP contribution is 2.67. The van der Waals surface area contributed by atoms with E-state index < -0.39 is 6.16 Å². The number of ether oxygens (including phenoxy) is 2.